The first kappa shape index (κ1) is 20.8. The first-order chi connectivity index (χ1) is 14.6. The smallest absolute Gasteiger partial charge is 0.232 e. The molecule has 4 rings (SSSR count). The van der Waals surface area contributed by atoms with E-state index in [1.54, 1.807) is 7.11 Å². The number of hydrogen-bond acceptors (Lipinski definition) is 5. The van der Waals surface area contributed by atoms with Gasteiger partial charge in [0.1, 0.15) is 5.75 Å². The van der Waals surface area contributed by atoms with E-state index in [4.69, 9.17) is 16.3 Å². The van der Waals surface area contributed by atoms with Gasteiger partial charge in [-0.15, -0.1) is 0 Å². The van der Waals surface area contributed by atoms with Gasteiger partial charge in [0, 0.05) is 56.5 Å². The van der Waals surface area contributed by atoms with Crippen molar-refractivity contribution in [3.05, 3.63) is 53.1 Å². The summed E-state index contributed by atoms with van der Waals surface area (Å²) < 4.78 is 5.50. The predicted octanol–water partition coefficient (Wildman–Crippen LogP) is 2.82. The fourth-order valence-electron chi connectivity index (χ4n) is 4.45. The second kappa shape index (κ2) is 9.14. The van der Waals surface area contributed by atoms with E-state index in [2.05, 4.69) is 21.2 Å². The zero-order valence-corrected chi connectivity index (χ0v) is 18.4. The number of hydrogen-bond donors (Lipinski definition) is 1. The first-order valence-corrected chi connectivity index (χ1v) is 10.9. The Morgan fingerprint density at radius 1 is 1.13 bits per heavy atom. The third-order valence-corrected chi connectivity index (χ3v) is 6.29. The maximum absolute atomic E-state index is 13.4. The van der Waals surface area contributed by atoms with E-state index in [-0.39, 0.29) is 11.8 Å². The van der Waals surface area contributed by atoms with Crippen molar-refractivity contribution in [2.75, 3.05) is 69.8 Å². The fourth-order valence-corrected chi connectivity index (χ4v) is 4.62. The van der Waals surface area contributed by atoms with Gasteiger partial charge in [-0.05, 0) is 36.9 Å². The molecule has 30 heavy (non-hydrogen) atoms. The average Bonchev–Trinajstić information content (AvgIpc) is 3.14. The molecule has 0 saturated carbocycles. The van der Waals surface area contributed by atoms with Crippen molar-refractivity contribution in [3.63, 3.8) is 0 Å². The number of ether oxygens (including phenoxy) is 1. The lowest BCUT2D eigenvalue weighted by Crippen LogP contribution is -2.50. The Hall–Kier alpha value is -2.44. The fraction of sp³-hybridized carbons (Fsp3) is 0.435. The monoisotopic (exact) mass is 428 g/mol. The van der Waals surface area contributed by atoms with Crippen molar-refractivity contribution in [2.45, 2.75) is 5.92 Å². The standard InChI is InChI=1S/C23H29ClN4O2/c1-25-9-10-28-16-19(18-8-7-17(24)15-21(18)28)23(29)27-13-11-26(12-14-27)20-5-3-4-6-22(20)30-2/h3-8,15,19,25H,9-14,16H2,1-2H3. The minimum Gasteiger partial charge on any atom is -0.495 e. The molecule has 0 radical (unpaired) electrons. The Morgan fingerprint density at radius 3 is 2.63 bits per heavy atom. The maximum Gasteiger partial charge on any atom is 0.232 e. The lowest BCUT2D eigenvalue weighted by Gasteiger charge is -2.37. The number of nitrogens with one attached hydrogen (secondary N) is 1. The molecule has 1 saturated heterocycles. The molecule has 2 heterocycles. The molecule has 0 aromatic heterocycles. The summed E-state index contributed by atoms with van der Waals surface area (Å²) >= 11 is 6.24. The number of amides is 1. The van der Waals surface area contributed by atoms with Crippen LogP contribution in [0.1, 0.15) is 11.5 Å². The number of para-hydroxylation sites is 2. The number of piperazine rings is 1. The molecule has 1 N–H and O–H groups in total. The highest BCUT2D eigenvalue weighted by Crippen LogP contribution is 2.39. The molecule has 7 heteroatoms. The van der Waals surface area contributed by atoms with Crippen LogP contribution in [0.4, 0.5) is 11.4 Å². The second-order valence-electron chi connectivity index (χ2n) is 7.79. The molecule has 0 spiro atoms. The van der Waals surface area contributed by atoms with Crippen LogP contribution in [0.25, 0.3) is 0 Å². The largest absolute Gasteiger partial charge is 0.495 e. The van der Waals surface area contributed by atoms with Crippen LogP contribution in [-0.2, 0) is 4.79 Å². The maximum atomic E-state index is 13.4. The van der Waals surface area contributed by atoms with Crippen molar-refractivity contribution in [2.24, 2.45) is 0 Å². The lowest BCUT2D eigenvalue weighted by molar-refractivity contribution is -0.132. The van der Waals surface area contributed by atoms with Crippen molar-refractivity contribution in [3.8, 4) is 5.75 Å². The number of anilines is 2. The van der Waals surface area contributed by atoms with Gasteiger partial charge < -0.3 is 24.8 Å². The van der Waals surface area contributed by atoms with E-state index in [9.17, 15) is 4.79 Å². The summed E-state index contributed by atoms with van der Waals surface area (Å²) in [6, 6.07) is 14.0. The minimum absolute atomic E-state index is 0.132. The van der Waals surface area contributed by atoms with E-state index in [1.165, 1.54) is 0 Å². The second-order valence-corrected chi connectivity index (χ2v) is 8.23. The van der Waals surface area contributed by atoms with Gasteiger partial charge in [-0.25, -0.2) is 0 Å². The van der Waals surface area contributed by atoms with Crippen LogP contribution >= 0.6 is 11.6 Å². The highest BCUT2D eigenvalue weighted by molar-refractivity contribution is 6.31. The SMILES string of the molecule is CNCCN1CC(C(=O)N2CCN(c3ccccc3OC)CC2)c2ccc(Cl)cc21. The molecule has 1 amide bonds. The van der Waals surface area contributed by atoms with Gasteiger partial charge in [0.05, 0.1) is 18.7 Å². The molecule has 1 atom stereocenters. The Kier molecular flexibility index (Phi) is 6.35. The number of fused-ring (bicyclic) bond motifs is 1. The summed E-state index contributed by atoms with van der Waals surface area (Å²) in [5.41, 5.74) is 3.27. The van der Waals surface area contributed by atoms with Crippen LogP contribution in [0.5, 0.6) is 5.75 Å². The molecule has 2 aromatic rings. The van der Waals surface area contributed by atoms with Crippen LogP contribution in [0.2, 0.25) is 5.02 Å². The van der Waals surface area contributed by atoms with Crippen LogP contribution in [0.15, 0.2) is 42.5 Å². The van der Waals surface area contributed by atoms with E-state index in [1.807, 2.05) is 48.3 Å². The summed E-state index contributed by atoms with van der Waals surface area (Å²) in [5, 5.41) is 3.90. The van der Waals surface area contributed by atoms with E-state index < -0.39 is 0 Å². The van der Waals surface area contributed by atoms with E-state index in [0.29, 0.717) is 24.7 Å². The van der Waals surface area contributed by atoms with Gasteiger partial charge in [0.15, 0.2) is 0 Å². The Morgan fingerprint density at radius 2 is 1.90 bits per heavy atom. The molecule has 0 aliphatic carbocycles. The highest BCUT2D eigenvalue weighted by Gasteiger charge is 2.37. The van der Waals surface area contributed by atoms with Crippen LogP contribution in [0, 0.1) is 0 Å². The van der Waals surface area contributed by atoms with Gasteiger partial charge in [0.25, 0.3) is 0 Å². The molecule has 160 valence electrons. The zero-order chi connectivity index (χ0) is 21.1. The zero-order valence-electron chi connectivity index (χ0n) is 17.6. The number of halogens is 1. The number of methoxy groups -OCH3 is 1. The molecular formula is C23H29ClN4O2. The van der Waals surface area contributed by atoms with Crippen molar-refractivity contribution < 1.29 is 9.53 Å². The molecule has 2 aromatic carbocycles. The quantitative estimate of drug-likeness (QED) is 0.766. The number of nitrogens with zero attached hydrogens (tertiary/aromatic N) is 3. The molecule has 6 nitrogen and oxygen atoms in total. The van der Waals surface area contributed by atoms with Gasteiger partial charge in [0.2, 0.25) is 5.91 Å². The predicted molar refractivity (Wildman–Crippen MR) is 122 cm³/mol. The van der Waals surface area contributed by atoms with E-state index >= 15 is 0 Å². The molecule has 0 bridgehead atoms. The molecule has 2 aliphatic heterocycles. The molecule has 1 fully saturated rings. The topological polar surface area (TPSA) is 48.1 Å². The number of carbonyl (C=O) groups excluding carboxylic acids is 1. The molecule has 1 unspecified atom stereocenters. The summed E-state index contributed by atoms with van der Waals surface area (Å²) in [7, 11) is 3.64. The van der Waals surface area contributed by atoms with Gasteiger partial charge in [-0.3, -0.25) is 4.79 Å². The number of benzene rings is 2. The Bertz CT molecular complexity index is 899. The summed E-state index contributed by atoms with van der Waals surface area (Å²) in [6.07, 6.45) is 0. The molecular weight excluding hydrogens is 400 g/mol. The van der Waals surface area contributed by atoms with Gasteiger partial charge in [-0.2, -0.15) is 0 Å². The minimum atomic E-state index is -0.132. The van der Waals surface area contributed by atoms with Gasteiger partial charge >= 0.3 is 0 Å². The Labute approximate surface area is 183 Å². The van der Waals surface area contributed by atoms with Crippen LogP contribution in [-0.4, -0.2) is 70.8 Å². The van der Waals surface area contributed by atoms with Crippen LogP contribution < -0.4 is 19.9 Å². The van der Waals surface area contributed by atoms with Crippen molar-refractivity contribution >= 4 is 28.9 Å². The summed E-state index contributed by atoms with van der Waals surface area (Å²) in [5.74, 6) is 0.955. The Balaban J connectivity index is 1.46. The van der Waals surface area contributed by atoms with E-state index in [0.717, 1.165) is 48.9 Å². The van der Waals surface area contributed by atoms with Crippen molar-refractivity contribution in [1.29, 1.82) is 0 Å². The third kappa shape index (κ3) is 4.07. The number of likely N-dealkylation sites (N-methyl/N-ethyl adjacent to an activating group) is 1. The highest BCUT2D eigenvalue weighted by atomic mass is 35.5. The molecule has 2 aliphatic rings. The first-order valence-electron chi connectivity index (χ1n) is 10.5. The number of carbonyl (C=O) groups is 1. The summed E-state index contributed by atoms with van der Waals surface area (Å²) in [6.45, 7) is 5.47. The lowest BCUT2D eigenvalue weighted by atomic mass is 9.99. The van der Waals surface area contributed by atoms with Crippen LogP contribution in [0.3, 0.4) is 0 Å². The summed E-state index contributed by atoms with van der Waals surface area (Å²) in [4.78, 5) is 20.0. The average molecular weight is 429 g/mol. The normalized spacial score (nSPS) is 18.5. The third-order valence-electron chi connectivity index (χ3n) is 6.06. The van der Waals surface area contributed by atoms with Crippen molar-refractivity contribution in [1.82, 2.24) is 10.2 Å². The number of rotatable bonds is 6. The van der Waals surface area contributed by atoms with Gasteiger partial charge in [-0.1, -0.05) is 29.8 Å².